The topological polar surface area (TPSA) is 41.1 Å². The van der Waals surface area contributed by atoms with Crippen LogP contribution in [0.4, 0.5) is 5.82 Å². The number of piperidine rings is 1. The minimum atomic E-state index is 0.803. The zero-order valence-electron chi connectivity index (χ0n) is 12.6. The van der Waals surface area contributed by atoms with Crippen LogP contribution in [0.2, 0.25) is 0 Å². The maximum atomic E-state index is 4.54. The van der Waals surface area contributed by atoms with E-state index < -0.39 is 0 Å². The van der Waals surface area contributed by atoms with Crippen LogP contribution in [0.5, 0.6) is 0 Å². The van der Waals surface area contributed by atoms with E-state index >= 15 is 0 Å². The van der Waals surface area contributed by atoms with Crippen LogP contribution in [-0.2, 0) is 12.8 Å². The number of anilines is 1. The molecule has 0 aromatic carbocycles. The molecule has 0 bridgehead atoms. The Morgan fingerprint density at radius 3 is 2.95 bits per heavy atom. The lowest BCUT2D eigenvalue weighted by Crippen LogP contribution is -2.35. The molecule has 0 amide bonds. The van der Waals surface area contributed by atoms with Crippen LogP contribution < -0.4 is 5.43 Å². The Balaban J connectivity index is 1.71. The van der Waals surface area contributed by atoms with E-state index in [1.165, 1.54) is 54.4 Å². The predicted molar refractivity (Wildman–Crippen MR) is 87.7 cm³/mol. The maximum Gasteiger partial charge on any atom is 0.152 e. The molecular weight excluding hydrogens is 280 g/mol. The van der Waals surface area contributed by atoms with Crippen molar-refractivity contribution in [2.45, 2.75) is 45.4 Å². The van der Waals surface area contributed by atoms with Gasteiger partial charge in [-0.15, -0.1) is 11.3 Å². The number of nitrogens with one attached hydrogen (secondary N) is 1. The minimum Gasteiger partial charge on any atom is -0.302 e. The summed E-state index contributed by atoms with van der Waals surface area (Å²) in [5.74, 6) is 1.82. The Kier molecular flexibility index (Phi) is 3.55. The molecule has 1 N–H and O–H groups in total. The molecule has 112 valence electrons. The van der Waals surface area contributed by atoms with E-state index in [9.17, 15) is 0 Å². The van der Waals surface area contributed by atoms with Crippen molar-refractivity contribution in [1.29, 1.82) is 0 Å². The molecule has 1 aliphatic heterocycles. The lowest BCUT2D eigenvalue weighted by Gasteiger charge is -2.27. The second-order valence-corrected chi connectivity index (χ2v) is 7.50. The second kappa shape index (κ2) is 5.54. The van der Waals surface area contributed by atoms with Crippen molar-refractivity contribution in [1.82, 2.24) is 15.0 Å². The molecule has 1 fully saturated rings. The summed E-state index contributed by atoms with van der Waals surface area (Å²) in [5, 5.41) is 3.61. The molecule has 3 heterocycles. The number of hydrogen-bond acceptors (Lipinski definition) is 5. The standard InChI is InChI=1S/C16H22N4S/c1-11-5-6-12-13(9-11)21-16-14(12)15(17-10-18-16)19-20-7-3-2-4-8-20/h10-11H,2-9H2,1H3,(H,17,18,19). The highest BCUT2D eigenvalue weighted by Gasteiger charge is 2.23. The van der Waals surface area contributed by atoms with Crippen LogP contribution in [0.3, 0.4) is 0 Å². The lowest BCUT2D eigenvalue weighted by atomic mass is 9.89. The molecule has 21 heavy (non-hydrogen) atoms. The molecule has 1 unspecified atom stereocenters. The first kappa shape index (κ1) is 13.5. The number of aromatic nitrogens is 2. The molecule has 4 rings (SSSR count). The largest absolute Gasteiger partial charge is 0.302 e. The van der Waals surface area contributed by atoms with Crippen molar-refractivity contribution in [3.05, 3.63) is 16.8 Å². The van der Waals surface area contributed by atoms with Gasteiger partial charge < -0.3 is 5.43 Å². The third-order valence-corrected chi connectivity index (χ3v) is 5.87. The number of aryl methyl sites for hydroxylation is 1. The van der Waals surface area contributed by atoms with Gasteiger partial charge in [0.25, 0.3) is 0 Å². The van der Waals surface area contributed by atoms with E-state index in [0.717, 1.165) is 29.7 Å². The van der Waals surface area contributed by atoms with Crippen molar-refractivity contribution in [2.24, 2.45) is 5.92 Å². The van der Waals surface area contributed by atoms with Gasteiger partial charge in [-0.05, 0) is 43.6 Å². The Morgan fingerprint density at radius 2 is 2.10 bits per heavy atom. The molecular formula is C16H22N4S. The zero-order valence-corrected chi connectivity index (χ0v) is 13.4. The molecule has 1 aliphatic carbocycles. The number of fused-ring (bicyclic) bond motifs is 3. The number of nitrogens with zero attached hydrogens (tertiary/aromatic N) is 3. The molecule has 1 atom stereocenters. The van der Waals surface area contributed by atoms with Crippen molar-refractivity contribution < 1.29 is 0 Å². The van der Waals surface area contributed by atoms with E-state index in [-0.39, 0.29) is 0 Å². The summed E-state index contributed by atoms with van der Waals surface area (Å²) in [7, 11) is 0. The van der Waals surface area contributed by atoms with Crippen LogP contribution in [0, 0.1) is 5.92 Å². The Labute approximate surface area is 129 Å². The van der Waals surface area contributed by atoms with Crippen LogP contribution in [0.25, 0.3) is 10.2 Å². The lowest BCUT2D eigenvalue weighted by molar-refractivity contribution is 0.272. The fraction of sp³-hybridized carbons (Fsp3) is 0.625. The van der Waals surface area contributed by atoms with E-state index in [0.29, 0.717) is 0 Å². The molecule has 2 aromatic rings. The molecule has 0 radical (unpaired) electrons. The van der Waals surface area contributed by atoms with Gasteiger partial charge in [0.2, 0.25) is 0 Å². The van der Waals surface area contributed by atoms with E-state index in [2.05, 4.69) is 27.3 Å². The summed E-state index contributed by atoms with van der Waals surface area (Å²) in [6.45, 7) is 4.59. The Morgan fingerprint density at radius 1 is 1.24 bits per heavy atom. The highest BCUT2D eigenvalue weighted by Crippen LogP contribution is 2.39. The number of hydrogen-bond donors (Lipinski definition) is 1. The summed E-state index contributed by atoms with van der Waals surface area (Å²) in [6.07, 6.45) is 9.29. The quantitative estimate of drug-likeness (QED) is 0.920. The van der Waals surface area contributed by atoms with E-state index in [4.69, 9.17) is 0 Å². The third-order valence-electron chi connectivity index (χ3n) is 4.71. The fourth-order valence-electron chi connectivity index (χ4n) is 3.52. The summed E-state index contributed by atoms with van der Waals surface area (Å²) in [4.78, 5) is 11.7. The highest BCUT2D eigenvalue weighted by molar-refractivity contribution is 7.19. The molecule has 1 saturated heterocycles. The average molecular weight is 302 g/mol. The normalized spacial score (nSPS) is 23.2. The Hall–Kier alpha value is -1.20. The van der Waals surface area contributed by atoms with Crippen LogP contribution in [0.15, 0.2) is 6.33 Å². The number of thiophene rings is 1. The van der Waals surface area contributed by atoms with Gasteiger partial charge in [-0.1, -0.05) is 13.3 Å². The van der Waals surface area contributed by atoms with Gasteiger partial charge in [0.15, 0.2) is 5.82 Å². The first-order chi connectivity index (χ1) is 10.3. The van der Waals surface area contributed by atoms with Gasteiger partial charge >= 0.3 is 0 Å². The van der Waals surface area contributed by atoms with E-state index in [1.807, 2.05) is 11.3 Å². The molecule has 0 saturated carbocycles. The maximum absolute atomic E-state index is 4.54. The van der Waals surface area contributed by atoms with Crippen molar-refractivity contribution >= 4 is 27.4 Å². The van der Waals surface area contributed by atoms with Crippen LogP contribution in [-0.4, -0.2) is 28.1 Å². The predicted octanol–water partition coefficient (Wildman–Crippen LogP) is 3.63. The highest BCUT2D eigenvalue weighted by atomic mass is 32.1. The molecule has 4 nitrogen and oxygen atoms in total. The Bertz CT molecular complexity index is 645. The average Bonchev–Trinajstić information content (AvgIpc) is 2.86. The zero-order chi connectivity index (χ0) is 14.2. The van der Waals surface area contributed by atoms with Gasteiger partial charge in [-0.3, -0.25) is 0 Å². The van der Waals surface area contributed by atoms with Crippen LogP contribution >= 0.6 is 11.3 Å². The van der Waals surface area contributed by atoms with Gasteiger partial charge in [-0.25, -0.2) is 15.0 Å². The van der Waals surface area contributed by atoms with E-state index in [1.54, 1.807) is 6.33 Å². The second-order valence-electron chi connectivity index (χ2n) is 6.41. The fourth-order valence-corrected chi connectivity index (χ4v) is 4.87. The van der Waals surface area contributed by atoms with Gasteiger partial charge in [0.05, 0.1) is 5.39 Å². The van der Waals surface area contributed by atoms with Gasteiger partial charge in [0.1, 0.15) is 11.2 Å². The molecule has 2 aromatic heterocycles. The number of rotatable bonds is 2. The molecule has 5 heteroatoms. The summed E-state index contributed by atoms with van der Waals surface area (Å²) in [6, 6.07) is 0. The first-order valence-electron chi connectivity index (χ1n) is 8.08. The summed E-state index contributed by atoms with van der Waals surface area (Å²) < 4.78 is 0. The number of hydrazine groups is 1. The summed E-state index contributed by atoms with van der Waals surface area (Å²) in [5.41, 5.74) is 5.07. The summed E-state index contributed by atoms with van der Waals surface area (Å²) >= 11 is 1.87. The first-order valence-corrected chi connectivity index (χ1v) is 8.90. The van der Waals surface area contributed by atoms with Gasteiger partial charge in [0, 0.05) is 18.0 Å². The minimum absolute atomic E-state index is 0.803. The smallest absolute Gasteiger partial charge is 0.152 e. The molecule has 2 aliphatic rings. The third kappa shape index (κ3) is 2.53. The van der Waals surface area contributed by atoms with Crippen molar-refractivity contribution in [3.8, 4) is 0 Å². The van der Waals surface area contributed by atoms with Gasteiger partial charge in [-0.2, -0.15) is 0 Å². The SMILES string of the molecule is CC1CCc2c(sc3ncnc(NN4CCCCC4)c23)C1. The monoisotopic (exact) mass is 302 g/mol. The molecule has 0 spiro atoms. The van der Waals surface area contributed by atoms with Crippen molar-refractivity contribution in [2.75, 3.05) is 18.5 Å². The van der Waals surface area contributed by atoms with Crippen molar-refractivity contribution in [3.63, 3.8) is 0 Å². The van der Waals surface area contributed by atoms with Crippen LogP contribution in [0.1, 0.15) is 43.0 Å².